The van der Waals surface area contributed by atoms with Gasteiger partial charge >= 0.3 is 8.72 Å². The van der Waals surface area contributed by atoms with Crippen LogP contribution in [0.5, 0.6) is 0 Å². The van der Waals surface area contributed by atoms with Crippen molar-refractivity contribution in [1.82, 2.24) is 4.67 Å². The standard InChI is InChI=1S/C23H28N4O2Si/c1-5-16-30-27(26-22(29-30)20-14-10-7-11-15-20)23(3,4)17-18(2)24-25-21(28-30)19-12-8-6-9-13-19/h6-15H,5,16-17H2,1-4H3/b24-18-,25-21-. The Morgan fingerprint density at radius 1 is 0.900 bits per heavy atom. The summed E-state index contributed by atoms with van der Waals surface area (Å²) in [6.07, 6.45) is 1.63. The molecule has 0 spiro atoms. The second-order valence-corrected chi connectivity index (χ2v) is 11.1. The van der Waals surface area contributed by atoms with Gasteiger partial charge in [-0.1, -0.05) is 49.7 Å². The number of nitrogens with zero attached hydrogens (tertiary/aromatic N) is 4. The van der Waals surface area contributed by atoms with Gasteiger partial charge in [-0.15, -0.1) is 10.2 Å². The third kappa shape index (κ3) is 3.89. The molecule has 0 amide bonds. The number of rotatable bonds is 4. The fourth-order valence-corrected chi connectivity index (χ4v) is 7.43. The first-order chi connectivity index (χ1) is 14.4. The van der Waals surface area contributed by atoms with Crippen LogP contribution in [-0.2, 0) is 8.85 Å². The van der Waals surface area contributed by atoms with E-state index in [1.54, 1.807) is 0 Å². The molecule has 4 rings (SSSR count). The van der Waals surface area contributed by atoms with Crippen LogP contribution in [-0.4, -0.2) is 36.4 Å². The van der Waals surface area contributed by atoms with Crippen molar-refractivity contribution < 1.29 is 8.85 Å². The van der Waals surface area contributed by atoms with Gasteiger partial charge in [-0.05, 0) is 45.0 Å². The second kappa shape index (κ2) is 8.06. The van der Waals surface area contributed by atoms with E-state index in [2.05, 4.69) is 35.6 Å². The molecule has 2 aromatic carbocycles. The van der Waals surface area contributed by atoms with Gasteiger partial charge in [0.25, 0.3) is 0 Å². The van der Waals surface area contributed by atoms with Gasteiger partial charge in [0.05, 0.1) is 5.54 Å². The summed E-state index contributed by atoms with van der Waals surface area (Å²) >= 11 is 0. The van der Waals surface area contributed by atoms with Gasteiger partial charge in [-0.3, -0.25) is 0 Å². The molecule has 0 fully saturated rings. The zero-order chi connectivity index (χ0) is 21.2. The lowest BCUT2D eigenvalue weighted by atomic mass is 9.99. The maximum absolute atomic E-state index is 6.72. The highest BCUT2D eigenvalue weighted by Gasteiger charge is 2.60. The summed E-state index contributed by atoms with van der Waals surface area (Å²) in [7, 11) is -2.99. The number of benzene rings is 2. The van der Waals surface area contributed by atoms with Crippen molar-refractivity contribution in [3.63, 3.8) is 0 Å². The fraction of sp³-hybridized carbons (Fsp3) is 0.348. The van der Waals surface area contributed by atoms with Crippen LogP contribution in [0.25, 0.3) is 0 Å². The molecule has 1 unspecified atom stereocenters. The molecule has 0 aromatic heterocycles. The van der Waals surface area contributed by atoms with Crippen LogP contribution in [0.3, 0.4) is 0 Å². The predicted molar refractivity (Wildman–Crippen MR) is 123 cm³/mol. The third-order valence-electron chi connectivity index (χ3n) is 5.21. The van der Waals surface area contributed by atoms with Gasteiger partial charge < -0.3 is 8.85 Å². The Kier molecular flexibility index (Phi) is 5.47. The van der Waals surface area contributed by atoms with Crippen LogP contribution in [0, 0.1) is 0 Å². The minimum Gasteiger partial charge on any atom is -0.479 e. The van der Waals surface area contributed by atoms with Crippen molar-refractivity contribution in [3.05, 3.63) is 71.8 Å². The van der Waals surface area contributed by atoms with Crippen LogP contribution < -0.4 is 0 Å². The lowest BCUT2D eigenvalue weighted by molar-refractivity contribution is 0.175. The van der Waals surface area contributed by atoms with Crippen molar-refractivity contribution >= 4 is 26.2 Å². The summed E-state index contributed by atoms with van der Waals surface area (Å²) in [6, 6.07) is 20.7. The highest BCUT2D eigenvalue weighted by Crippen LogP contribution is 2.38. The van der Waals surface area contributed by atoms with E-state index < -0.39 is 8.72 Å². The zero-order valence-electron chi connectivity index (χ0n) is 18.0. The predicted octanol–water partition coefficient (Wildman–Crippen LogP) is 5.05. The molecule has 1 atom stereocenters. The van der Waals surface area contributed by atoms with E-state index in [1.807, 2.05) is 67.6 Å². The number of hydrogen-bond donors (Lipinski definition) is 0. The lowest BCUT2D eigenvalue weighted by Crippen LogP contribution is -2.61. The zero-order valence-corrected chi connectivity index (χ0v) is 19.0. The Balaban J connectivity index is 1.83. The largest absolute Gasteiger partial charge is 0.607 e. The molecule has 30 heavy (non-hydrogen) atoms. The molecule has 7 heteroatoms. The first kappa shape index (κ1) is 20.3. The van der Waals surface area contributed by atoms with Crippen molar-refractivity contribution in [2.24, 2.45) is 15.3 Å². The Bertz CT molecular complexity index is 989. The number of hydrogen-bond acceptors (Lipinski definition) is 6. The highest BCUT2D eigenvalue weighted by atomic mass is 28.4. The second-order valence-electron chi connectivity index (χ2n) is 8.35. The molecular weight excluding hydrogens is 392 g/mol. The first-order valence-electron chi connectivity index (χ1n) is 10.4. The van der Waals surface area contributed by atoms with Gasteiger partial charge in [0.15, 0.2) is 0 Å². The first-order valence-corrected chi connectivity index (χ1v) is 12.4. The molecule has 0 radical (unpaired) electrons. The Morgan fingerprint density at radius 2 is 1.47 bits per heavy atom. The lowest BCUT2D eigenvalue weighted by Gasteiger charge is -2.41. The quantitative estimate of drug-likeness (QED) is 0.650. The summed E-state index contributed by atoms with van der Waals surface area (Å²) in [5.74, 6) is 1.11. The van der Waals surface area contributed by atoms with Crippen molar-refractivity contribution in [2.75, 3.05) is 0 Å². The summed E-state index contributed by atoms with van der Waals surface area (Å²) in [4.78, 5) is 0. The summed E-state index contributed by atoms with van der Waals surface area (Å²) in [5.41, 5.74) is 2.44. The van der Waals surface area contributed by atoms with E-state index in [4.69, 9.17) is 14.0 Å². The highest BCUT2D eigenvalue weighted by molar-refractivity contribution is 6.69. The van der Waals surface area contributed by atoms with E-state index in [1.165, 1.54) is 0 Å². The molecule has 0 saturated heterocycles. The average molecular weight is 421 g/mol. The summed E-state index contributed by atoms with van der Waals surface area (Å²) in [5, 5.41) is 14.0. The Morgan fingerprint density at radius 3 is 2.07 bits per heavy atom. The normalized spacial score (nSPS) is 26.4. The topological polar surface area (TPSA) is 58.8 Å². The maximum atomic E-state index is 6.72. The van der Waals surface area contributed by atoms with Gasteiger partial charge in [0.2, 0.25) is 11.8 Å². The number of fused-ring (bicyclic) bond motifs is 1. The minimum absolute atomic E-state index is 0.326. The summed E-state index contributed by atoms with van der Waals surface area (Å²) < 4.78 is 15.5. The van der Waals surface area contributed by atoms with Gasteiger partial charge in [0, 0.05) is 29.3 Å². The van der Waals surface area contributed by atoms with E-state index in [0.29, 0.717) is 11.8 Å². The van der Waals surface area contributed by atoms with Crippen LogP contribution in [0.15, 0.2) is 76.0 Å². The maximum Gasteiger partial charge on any atom is 0.607 e. The van der Waals surface area contributed by atoms with Crippen molar-refractivity contribution in [2.45, 2.75) is 52.1 Å². The molecule has 0 aliphatic carbocycles. The SMILES string of the molecule is CCC[Si]12OC(c3ccccc3)=NN1C(C)(C)C/C(C)=N\N=C(\c1ccccc1)O2. The van der Waals surface area contributed by atoms with Gasteiger partial charge in [-0.25, -0.2) is 4.67 Å². The number of hydrazone groups is 1. The molecule has 0 bridgehead atoms. The Labute approximate surface area is 179 Å². The summed E-state index contributed by atoms with van der Waals surface area (Å²) in [6.45, 7) is 8.48. The smallest absolute Gasteiger partial charge is 0.479 e. The van der Waals surface area contributed by atoms with E-state index in [0.717, 1.165) is 35.7 Å². The van der Waals surface area contributed by atoms with Gasteiger partial charge in [0.1, 0.15) is 0 Å². The molecule has 0 saturated carbocycles. The molecule has 2 aliphatic rings. The third-order valence-corrected chi connectivity index (χ3v) is 8.71. The van der Waals surface area contributed by atoms with Crippen LogP contribution in [0.1, 0.15) is 51.7 Å². The molecule has 2 aromatic rings. The molecule has 2 aliphatic heterocycles. The molecule has 156 valence electrons. The molecule has 0 N–H and O–H groups in total. The minimum atomic E-state index is -2.99. The fourth-order valence-electron chi connectivity index (χ4n) is 4.00. The molecule has 6 nitrogen and oxygen atoms in total. The van der Waals surface area contributed by atoms with Crippen LogP contribution >= 0.6 is 0 Å². The Hall–Kier alpha value is -2.93. The van der Waals surface area contributed by atoms with Crippen molar-refractivity contribution in [3.8, 4) is 0 Å². The average Bonchev–Trinajstić information content (AvgIpc) is 3.13. The molecular formula is C23H28N4O2Si. The van der Waals surface area contributed by atoms with Crippen LogP contribution in [0.4, 0.5) is 0 Å². The van der Waals surface area contributed by atoms with E-state index >= 15 is 0 Å². The molecule has 2 heterocycles. The van der Waals surface area contributed by atoms with E-state index in [9.17, 15) is 0 Å². The monoisotopic (exact) mass is 420 g/mol. The van der Waals surface area contributed by atoms with Crippen LogP contribution in [0.2, 0.25) is 6.04 Å². The van der Waals surface area contributed by atoms with Crippen molar-refractivity contribution in [1.29, 1.82) is 0 Å². The van der Waals surface area contributed by atoms with E-state index in [-0.39, 0.29) is 5.54 Å². The van der Waals surface area contributed by atoms with Gasteiger partial charge in [-0.2, -0.15) is 5.10 Å².